The van der Waals surface area contributed by atoms with Crippen LogP contribution in [-0.4, -0.2) is 46.4 Å². The highest BCUT2D eigenvalue weighted by molar-refractivity contribution is 7.10. The number of likely N-dealkylation sites (tertiary alicyclic amines) is 1. The van der Waals surface area contributed by atoms with Gasteiger partial charge in [0, 0.05) is 36.4 Å². The molecular formula is C24H27N5O2S. The normalized spacial score (nSPS) is 18.3. The van der Waals surface area contributed by atoms with Crippen molar-refractivity contribution < 1.29 is 9.59 Å². The smallest absolute Gasteiger partial charge is 0.320 e. The van der Waals surface area contributed by atoms with Crippen LogP contribution < -0.4 is 10.9 Å². The van der Waals surface area contributed by atoms with Crippen molar-refractivity contribution in [1.82, 2.24) is 20.2 Å². The summed E-state index contributed by atoms with van der Waals surface area (Å²) in [7, 11) is 0. The van der Waals surface area contributed by atoms with E-state index in [2.05, 4.69) is 33.3 Å². The molecule has 4 heterocycles. The first kappa shape index (κ1) is 20.8. The molecule has 0 spiro atoms. The molecule has 2 aromatic heterocycles. The number of carbonyl (C=O) groups is 2. The Bertz CT molecular complexity index is 1160. The monoisotopic (exact) mass is 449 g/mol. The Hall–Kier alpha value is -3.13. The zero-order valence-electron chi connectivity index (χ0n) is 18.1. The third-order valence-corrected chi connectivity index (χ3v) is 7.38. The van der Waals surface area contributed by atoms with E-state index in [1.807, 2.05) is 41.0 Å². The number of aryl methyl sites for hydroxylation is 1. The van der Waals surface area contributed by atoms with Crippen LogP contribution >= 0.6 is 11.3 Å². The fraction of sp³-hybridized carbons (Fsp3) is 0.375. The molecule has 1 aromatic carbocycles. The molecule has 0 aliphatic carbocycles. The number of hydrazine groups is 1. The van der Waals surface area contributed by atoms with Gasteiger partial charge in [0.2, 0.25) is 5.91 Å². The van der Waals surface area contributed by atoms with Gasteiger partial charge in [-0.3, -0.25) is 15.6 Å². The van der Waals surface area contributed by atoms with Crippen molar-refractivity contribution in [1.29, 1.82) is 0 Å². The molecule has 1 saturated heterocycles. The molecule has 3 aromatic rings. The van der Waals surface area contributed by atoms with Crippen LogP contribution in [0.5, 0.6) is 0 Å². The number of piperidine rings is 1. The van der Waals surface area contributed by atoms with Gasteiger partial charge in [0.25, 0.3) is 0 Å². The molecule has 166 valence electrons. The van der Waals surface area contributed by atoms with Crippen LogP contribution in [0.4, 0.5) is 10.6 Å². The molecule has 3 amide bonds. The maximum absolute atomic E-state index is 13.1. The summed E-state index contributed by atoms with van der Waals surface area (Å²) < 4.78 is 0. The van der Waals surface area contributed by atoms with Crippen molar-refractivity contribution in [2.75, 3.05) is 25.1 Å². The Balaban J connectivity index is 1.20. The molecule has 5 rings (SSSR count). The van der Waals surface area contributed by atoms with Crippen molar-refractivity contribution in [2.45, 2.75) is 32.7 Å². The van der Waals surface area contributed by atoms with Crippen molar-refractivity contribution in [3.05, 3.63) is 57.8 Å². The van der Waals surface area contributed by atoms with Crippen LogP contribution in [0.15, 0.2) is 41.8 Å². The third-order valence-electron chi connectivity index (χ3n) is 6.36. The van der Waals surface area contributed by atoms with Crippen LogP contribution in [0.2, 0.25) is 0 Å². The zero-order valence-corrected chi connectivity index (χ0v) is 19.0. The molecule has 2 aliphatic rings. The standard InChI is InChI=1S/C24H27N5O2S/c1-16-13-17-5-2-3-7-20(17)25-22(16)26-27-23(30)19-6-4-10-28(15-19)24(31)29-11-8-21-18(14-29)9-12-32-21/h2-3,5,7,9,12-13,19H,4,6,8,10-11,14-15H2,1H3,(H,25,26)(H,27,30). The summed E-state index contributed by atoms with van der Waals surface area (Å²) >= 11 is 1.77. The Labute approximate surface area is 191 Å². The summed E-state index contributed by atoms with van der Waals surface area (Å²) in [6.45, 7) is 4.53. The number of hydrogen-bond acceptors (Lipinski definition) is 5. The molecular weight excluding hydrogens is 422 g/mol. The van der Waals surface area contributed by atoms with Gasteiger partial charge >= 0.3 is 6.03 Å². The minimum atomic E-state index is -0.234. The van der Waals surface area contributed by atoms with Crippen molar-refractivity contribution in [2.24, 2.45) is 5.92 Å². The number of pyridine rings is 1. The molecule has 2 N–H and O–H groups in total. The number of nitrogens with zero attached hydrogens (tertiary/aromatic N) is 3. The van der Waals surface area contributed by atoms with Gasteiger partial charge in [-0.2, -0.15) is 0 Å². The van der Waals surface area contributed by atoms with E-state index in [1.54, 1.807) is 11.3 Å². The number of urea groups is 1. The molecule has 8 heteroatoms. The number of anilines is 1. The quantitative estimate of drug-likeness (QED) is 0.594. The predicted molar refractivity (Wildman–Crippen MR) is 126 cm³/mol. The van der Waals surface area contributed by atoms with Crippen LogP contribution in [0.1, 0.15) is 28.8 Å². The van der Waals surface area contributed by atoms with Gasteiger partial charge in [-0.25, -0.2) is 9.78 Å². The number of carbonyl (C=O) groups excluding carboxylic acids is 2. The van der Waals surface area contributed by atoms with Gasteiger partial charge in [0.1, 0.15) is 5.82 Å². The molecule has 0 radical (unpaired) electrons. The topological polar surface area (TPSA) is 77.6 Å². The van der Waals surface area contributed by atoms with Gasteiger partial charge in [-0.05, 0) is 60.9 Å². The Morgan fingerprint density at radius 2 is 2.03 bits per heavy atom. The van der Waals surface area contributed by atoms with Crippen LogP contribution in [-0.2, 0) is 17.8 Å². The molecule has 7 nitrogen and oxygen atoms in total. The molecule has 1 atom stereocenters. The minimum absolute atomic E-state index is 0.0411. The zero-order chi connectivity index (χ0) is 22.1. The number of nitrogens with one attached hydrogen (secondary N) is 2. The SMILES string of the molecule is Cc1cc2ccccc2nc1NNC(=O)C1CCCN(C(=O)N2CCc3sccc3C2)C1. The summed E-state index contributed by atoms with van der Waals surface area (Å²) in [5, 5.41) is 3.16. The second-order valence-corrected chi connectivity index (χ2v) is 9.57. The number of hydrogen-bond donors (Lipinski definition) is 2. The lowest BCUT2D eigenvalue weighted by atomic mass is 9.97. The summed E-state index contributed by atoms with van der Waals surface area (Å²) in [6, 6.07) is 12.1. The van der Waals surface area contributed by atoms with E-state index in [0.717, 1.165) is 42.3 Å². The number of para-hydroxylation sites is 1. The predicted octanol–water partition coefficient (Wildman–Crippen LogP) is 3.94. The highest BCUT2D eigenvalue weighted by atomic mass is 32.1. The van der Waals surface area contributed by atoms with E-state index >= 15 is 0 Å². The van der Waals surface area contributed by atoms with E-state index in [0.29, 0.717) is 25.5 Å². The highest BCUT2D eigenvalue weighted by Gasteiger charge is 2.32. The maximum atomic E-state index is 13.1. The number of rotatable bonds is 3. The van der Waals surface area contributed by atoms with Crippen LogP contribution in [0.25, 0.3) is 10.9 Å². The largest absolute Gasteiger partial charge is 0.324 e. The number of fused-ring (bicyclic) bond motifs is 2. The highest BCUT2D eigenvalue weighted by Crippen LogP contribution is 2.26. The lowest BCUT2D eigenvalue weighted by molar-refractivity contribution is -0.125. The van der Waals surface area contributed by atoms with E-state index in [1.165, 1.54) is 10.4 Å². The van der Waals surface area contributed by atoms with E-state index < -0.39 is 0 Å². The fourth-order valence-electron chi connectivity index (χ4n) is 4.55. The maximum Gasteiger partial charge on any atom is 0.320 e. The minimum Gasteiger partial charge on any atom is -0.324 e. The van der Waals surface area contributed by atoms with Gasteiger partial charge in [-0.1, -0.05) is 18.2 Å². The van der Waals surface area contributed by atoms with Gasteiger partial charge < -0.3 is 9.80 Å². The lowest BCUT2D eigenvalue weighted by Crippen LogP contribution is -2.51. The van der Waals surface area contributed by atoms with E-state index in [4.69, 9.17) is 0 Å². The average Bonchev–Trinajstić information content (AvgIpc) is 3.30. The van der Waals surface area contributed by atoms with E-state index in [9.17, 15) is 9.59 Å². The molecule has 0 saturated carbocycles. The molecule has 2 aliphatic heterocycles. The fourth-order valence-corrected chi connectivity index (χ4v) is 5.44. The molecule has 1 fully saturated rings. The first-order valence-electron chi connectivity index (χ1n) is 11.1. The molecule has 1 unspecified atom stereocenters. The Morgan fingerprint density at radius 3 is 2.94 bits per heavy atom. The number of benzene rings is 1. The summed E-state index contributed by atoms with van der Waals surface area (Å²) in [6.07, 6.45) is 2.52. The Morgan fingerprint density at radius 1 is 1.16 bits per heavy atom. The van der Waals surface area contributed by atoms with Gasteiger partial charge in [0.15, 0.2) is 0 Å². The molecule has 0 bridgehead atoms. The summed E-state index contributed by atoms with van der Waals surface area (Å²) in [4.78, 5) is 35.7. The van der Waals surface area contributed by atoms with Crippen LogP contribution in [0, 0.1) is 12.8 Å². The summed E-state index contributed by atoms with van der Waals surface area (Å²) in [5.41, 5.74) is 8.90. The second-order valence-electron chi connectivity index (χ2n) is 8.57. The van der Waals surface area contributed by atoms with Crippen molar-refractivity contribution in [3.63, 3.8) is 0 Å². The lowest BCUT2D eigenvalue weighted by Gasteiger charge is -2.37. The number of thiophene rings is 1. The molecule has 32 heavy (non-hydrogen) atoms. The Kier molecular flexibility index (Phi) is 5.70. The number of amides is 3. The van der Waals surface area contributed by atoms with Crippen LogP contribution in [0.3, 0.4) is 0 Å². The van der Waals surface area contributed by atoms with Crippen molar-refractivity contribution in [3.8, 4) is 0 Å². The first-order valence-corrected chi connectivity index (χ1v) is 12.0. The number of aromatic nitrogens is 1. The van der Waals surface area contributed by atoms with E-state index in [-0.39, 0.29) is 17.9 Å². The van der Waals surface area contributed by atoms with Crippen molar-refractivity contribution >= 4 is 40.0 Å². The second kappa shape index (κ2) is 8.78. The van der Waals surface area contributed by atoms with Gasteiger partial charge in [0.05, 0.1) is 11.4 Å². The third kappa shape index (κ3) is 4.14. The van der Waals surface area contributed by atoms with Gasteiger partial charge in [-0.15, -0.1) is 11.3 Å². The first-order chi connectivity index (χ1) is 15.6. The summed E-state index contributed by atoms with van der Waals surface area (Å²) in [5.74, 6) is 0.304. The average molecular weight is 450 g/mol.